The summed E-state index contributed by atoms with van der Waals surface area (Å²) in [7, 11) is 0. The zero-order chi connectivity index (χ0) is 21.1. The number of nitrogens with one attached hydrogen (secondary N) is 2. The van der Waals surface area contributed by atoms with Gasteiger partial charge in [-0.05, 0) is 67.9 Å². The van der Waals surface area contributed by atoms with Crippen LogP contribution in [0.2, 0.25) is 0 Å². The first-order valence-electron chi connectivity index (χ1n) is 9.27. The van der Waals surface area contributed by atoms with Crippen LogP contribution in [0, 0.1) is 13.8 Å². The molecule has 0 spiro atoms. The Hall–Kier alpha value is -2.94. The van der Waals surface area contributed by atoms with E-state index in [1.54, 1.807) is 52.8 Å². The van der Waals surface area contributed by atoms with Crippen molar-refractivity contribution in [2.24, 2.45) is 0 Å². The Morgan fingerprint density at radius 1 is 1.17 bits per heavy atom. The Morgan fingerprint density at radius 3 is 2.48 bits per heavy atom. The summed E-state index contributed by atoms with van der Waals surface area (Å²) >= 11 is 3.48. The van der Waals surface area contributed by atoms with E-state index in [0.717, 1.165) is 15.9 Å². The SMILES string of the molecule is CCn1nccc1C(=O)Nc1cccc(NC(=O)C(C)n2nc(C)c(Br)c2C)c1. The van der Waals surface area contributed by atoms with Gasteiger partial charge in [0.25, 0.3) is 5.91 Å². The maximum absolute atomic E-state index is 12.7. The Morgan fingerprint density at radius 2 is 1.86 bits per heavy atom. The fourth-order valence-corrected chi connectivity index (χ4v) is 3.29. The third-order valence-electron chi connectivity index (χ3n) is 4.62. The number of aryl methyl sites for hydroxylation is 2. The molecular formula is C20H23BrN6O2. The second-order valence-electron chi connectivity index (χ2n) is 6.66. The van der Waals surface area contributed by atoms with E-state index in [1.807, 2.05) is 20.8 Å². The Labute approximate surface area is 177 Å². The van der Waals surface area contributed by atoms with Crippen molar-refractivity contribution in [1.82, 2.24) is 19.6 Å². The molecule has 8 nitrogen and oxygen atoms in total. The Bertz CT molecular complexity index is 1060. The van der Waals surface area contributed by atoms with Crippen LogP contribution < -0.4 is 10.6 Å². The third-order valence-corrected chi connectivity index (χ3v) is 5.77. The lowest BCUT2D eigenvalue weighted by molar-refractivity contribution is -0.119. The van der Waals surface area contributed by atoms with Crippen LogP contribution in [0.25, 0.3) is 0 Å². The topological polar surface area (TPSA) is 93.8 Å². The molecule has 29 heavy (non-hydrogen) atoms. The summed E-state index contributed by atoms with van der Waals surface area (Å²) in [5.74, 6) is -0.454. The molecule has 0 radical (unpaired) electrons. The summed E-state index contributed by atoms with van der Waals surface area (Å²) in [6.07, 6.45) is 1.59. The number of rotatable bonds is 6. The van der Waals surface area contributed by atoms with Crippen LogP contribution in [0.1, 0.15) is 41.8 Å². The van der Waals surface area contributed by atoms with Crippen molar-refractivity contribution in [3.63, 3.8) is 0 Å². The molecule has 0 saturated heterocycles. The summed E-state index contributed by atoms with van der Waals surface area (Å²) in [5.41, 5.74) is 3.37. The highest BCUT2D eigenvalue weighted by atomic mass is 79.9. The lowest BCUT2D eigenvalue weighted by Crippen LogP contribution is -2.25. The molecule has 3 aromatic rings. The molecule has 0 aliphatic rings. The number of carbonyl (C=O) groups excluding carboxylic acids is 2. The highest BCUT2D eigenvalue weighted by Crippen LogP contribution is 2.24. The molecule has 1 unspecified atom stereocenters. The summed E-state index contributed by atoms with van der Waals surface area (Å²) in [4.78, 5) is 25.2. The number of nitrogens with zero attached hydrogens (tertiary/aromatic N) is 4. The molecule has 0 fully saturated rings. The number of anilines is 2. The van der Waals surface area contributed by atoms with E-state index in [4.69, 9.17) is 0 Å². The van der Waals surface area contributed by atoms with E-state index >= 15 is 0 Å². The smallest absolute Gasteiger partial charge is 0.273 e. The highest BCUT2D eigenvalue weighted by Gasteiger charge is 2.20. The average Bonchev–Trinajstić information content (AvgIpc) is 3.28. The van der Waals surface area contributed by atoms with Gasteiger partial charge in [-0.1, -0.05) is 6.07 Å². The third kappa shape index (κ3) is 4.40. The summed E-state index contributed by atoms with van der Waals surface area (Å²) < 4.78 is 4.20. The fourth-order valence-electron chi connectivity index (χ4n) is 3.03. The zero-order valence-corrected chi connectivity index (χ0v) is 18.3. The van der Waals surface area contributed by atoms with Crippen molar-refractivity contribution in [2.45, 2.75) is 40.3 Å². The number of amides is 2. The van der Waals surface area contributed by atoms with Gasteiger partial charge < -0.3 is 10.6 Å². The van der Waals surface area contributed by atoms with Crippen molar-refractivity contribution in [3.05, 3.63) is 58.1 Å². The number of hydrogen-bond acceptors (Lipinski definition) is 4. The largest absolute Gasteiger partial charge is 0.324 e. The van der Waals surface area contributed by atoms with Crippen LogP contribution in [0.5, 0.6) is 0 Å². The molecule has 2 heterocycles. The molecule has 0 saturated carbocycles. The van der Waals surface area contributed by atoms with Crippen molar-refractivity contribution >= 4 is 39.1 Å². The van der Waals surface area contributed by atoms with E-state index in [-0.39, 0.29) is 11.8 Å². The molecule has 2 N–H and O–H groups in total. The highest BCUT2D eigenvalue weighted by molar-refractivity contribution is 9.10. The monoisotopic (exact) mass is 458 g/mol. The lowest BCUT2D eigenvalue weighted by atomic mass is 10.2. The molecule has 152 valence electrons. The van der Waals surface area contributed by atoms with Gasteiger partial charge >= 0.3 is 0 Å². The van der Waals surface area contributed by atoms with Gasteiger partial charge in [-0.15, -0.1) is 0 Å². The average molecular weight is 459 g/mol. The van der Waals surface area contributed by atoms with Gasteiger partial charge in [-0.2, -0.15) is 10.2 Å². The lowest BCUT2D eigenvalue weighted by Gasteiger charge is -2.15. The van der Waals surface area contributed by atoms with Gasteiger partial charge in [0.05, 0.1) is 15.9 Å². The molecule has 0 aliphatic heterocycles. The Kier molecular flexibility index (Phi) is 6.17. The van der Waals surface area contributed by atoms with Crippen LogP contribution in [-0.2, 0) is 11.3 Å². The number of aromatic nitrogens is 4. The van der Waals surface area contributed by atoms with Gasteiger partial charge in [-0.25, -0.2) is 0 Å². The number of carbonyl (C=O) groups is 2. The minimum atomic E-state index is -0.489. The quantitative estimate of drug-likeness (QED) is 0.584. The number of halogens is 1. The zero-order valence-electron chi connectivity index (χ0n) is 16.7. The van der Waals surface area contributed by atoms with Gasteiger partial charge in [0, 0.05) is 24.1 Å². The van der Waals surface area contributed by atoms with E-state index in [0.29, 0.717) is 23.6 Å². The standard InChI is InChI=1S/C20H23BrN6O2/c1-5-26-17(9-10-22-26)20(29)24-16-8-6-7-15(11-16)23-19(28)14(4)27-13(3)18(21)12(2)25-27/h6-11,14H,5H2,1-4H3,(H,23,28)(H,24,29). The summed E-state index contributed by atoms with van der Waals surface area (Å²) in [5, 5.41) is 14.2. The van der Waals surface area contributed by atoms with Crippen molar-refractivity contribution in [1.29, 1.82) is 0 Å². The van der Waals surface area contributed by atoms with E-state index in [2.05, 4.69) is 36.8 Å². The van der Waals surface area contributed by atoms with Crippen LogP contribution in [0.4, 0.5) is 11.4 Å². The molecule has 1 aromatic carbocycles. The van der Waals surface area contributed by atoms with Gasteiger partial charge in [-0.3, -0.25) is 19.0 Å². The van der Waals surface area contributed by atoms with Crippen molar-refractivity contribution < 1.29 is 9.59 Å². The van der Waals surface area contributed by atoms with E-state index in [1.165, 1.54) is 0 Å². The van der Waals surface area contributed by atoms with Gasteiger partial charge in [0.15, 0.2) is 0 Å². The number of benzene rings is 1. The summed E-state index contributed by atoms with van der Waals surface area (Å²) in [6, 6.07) is 8.20. The first-order valence-corrected chi connectivity index (χ1v) is 10.1. The molecule has 3 rings (SSSR count). The summed E-state index contributed by atoms with van der Waals surface area (Å²) in [6.45, 7) is 8.10. The second kappa shape index (κ2) is 8.60. The van der Waals surface area contributed by atoms with E-state index < -0.39 is 6.04 Å². The first-order chi connectivity index (χ1) is 13.8. The van der Waals surface area contributed by atoms with Crippen LogP contribution in [0.3, 0.4) is 0 Å². The molecule has 2 aromatic heterocycles. The van der Waals surface area contributed by atoms with Crippen molar-refractivity contribution in [2.75, 3.05) is 10.6 Å². The molecule has 1 atom stereocenters. The van der Waals surface area contributed by atoms with E-state index in [9.17, 15) is 9.59 Å². The van der Waals surface area contributed by atoms with Gasteiger partial charge in [0.2, 0.25) is 5.91 Å². The molecule has 0 bridgehead atoms. The fraction of sp³-hybridized carbons (Fsp3) is 0.300. The predicted octanol–water partition coefficient (Wildman–Crippen LogP) is 3.93. The van der Waals surface area contributed by atoms with Crippen LogP contribution in [0.15, 0.2) is 41.0 Å². The number of hydrogen-bond donors (Lipinski definition) is 2. The predicted molar refractivity (Wildman–Crippen MR) is 115 cm³/mol. The Balaban J connectivity index is 1.71. The maximum Gasteiger partial charge on any atom is 0.273 e. The minimum Gasteiger partial charge on any atom is -0.324 e. The molecule has 2 amide bonds. The first kappa shape index (κ1) is 20.8. The van der Waals surface area contributed by atoms with Crippen molar-refractivity contribution in [3.8, 4) is 0 Å². The molecule has 9 heteroatoms. The molecular weight excluding hydrogens is 436 g/mol. The van der Waals surface area contributed by atoms with Gasteiger partial charge in [0.1, 0.15) is 11.7 Å². The van der Waals surface area contributed by atoms with Crippen LogP contribution in [-0.4, -0.2) is 31.4 Å². The molecule has 0 aliphatic carbocycles. The van der Waals surface area contributed by atoms with Crippen LogP contribution >= 0.6 is 15.9 Å². The maximum atomic E-state index is 12.7. The minimum absolute atomic E-state index is 0.198. The second-order valence-corrected chi connectivity index (χ2v) is 7.45. The normalized spacial score (nSPS) is 11.9.